The minimum Gasteiger partial charge on any atom is -0.340 e. The summed E-state index contributed by atoms with van der Waals surface area (Å²) >= 11 is 7.60. The van der Waals surface area contributed by atoms with E-state index in [-0.39, 0.29) is 6.04 Å². The molecule has 1 atom stereocenters. The Kier molecular flexibility index (Phi) is 4.20. The summed E-state index contributed by atoms with van der Waals surface area (Å²) < 4.78 is 2.78. The number of nitrogens with one attached hydrogen (secondary N) is 1. The van der Waals surface area contributed by atoms with Gasteiger partial charge in [-0.05, 0) is 25.1 Å². The van der Waals surface area contributed by atoms with Crippen molar-refractivity contribution in [1.82, 2.24) is 14.9 Å². The Hall–Kier alpha value is -0.840. The van der Waals surface area contributed by atoms with Crippen molar-refractivity contribution in [2.75, 3.05) is 6.54 Å². The summed E-state index contributed by atoms with van der Waals surface area (Å²) in [7, 11) is 1.98. The predicted molar refractivity (Wildman–Crippen MR) is 72.7 cm³/mol. The largest absolute Gasteiger partial charge is 0.340 e. The molecular weight excluding hydrogens is 254 g/mol. The molecule has 0 radical (unpaired) electrons. The summed E-state index contributed by atoms with van der Waals surface area (Å²) in [4.78, 5) is 5.63. The van der Waals surface area contributed by atoms with Gasteiger partial charge in [0, 0.05) is 18.1 Å². The van der Waals surface area contributed by atoms with Crippen LogP contribution in [0.2, 0.25) is 4.34 Å². The van der Waals surface area contributed by atoms with Crippen LogP contribution in [0, 0.1) is 0 Å². The zero-order chi connectivity index (χ0) is 12.3. The first-order chi connectivity index (χ1) is 8.20. The molecule has 2 aromatic rings. The van der Waals surface area contributed by atoms with Gasteiger partial charge >= 0.3 is 0 Å². The smallest absolute Gasteiger partial charge is 0.0947 e. The Morgan fingerprint density at radius 2 is 2.35 bits per heavy atom. The van der Waals surface area contributed by atoms with Crippen LogP contribution >= 0.6 is 22.9 Å². The van der Waals surface area contributed by atoms with E-state index in [9.17, 15) is 0 Å². The number of imidazole rings is 1. The number of nitrogens with zero attached hydrogens (tertiary/aromatic N) is 2. The van der Waals surface area contributed by atoms with Crippen molar-refractivity contribution in [3.8, 4) is 0 Å². The molecule has 92 valence electrons. The number of rotatable bonds is 5. The fourth-order valence-electron chi connectivity index (χ4n) is 1.71. The fourth-order valence-corrected chi connectivity index (χ4v) is 2.85. The van der Waals surface area contributed by atoms with Gasteiger partial charge in [-0.2, -0.15) is 0 Å². The van der Waals surface area contributed by atoms with E-state index in [0.29, 0.717) is 0 Å². The Balaban J connectivity index is 2.24. The predicted octanol–water partition coefficient (Wildman–Crippen LogP) is 3.22. The highest BCUT2D eigenvalue weighted by Gasteiger charge is 2.17. The zero-order valence-corrected chi connectivity index (χ0v) is 11.6. The van der Waals surface area contributed by atoms with Crippen LogP contribution in [0.1, 0.15) is 30.0 Å². The second kappa shape index (κ2) is 5.67. The van der Waals surface area contributed by atoms with Crippen LogP contribution in [0.3, 0.4) is 0 Å². The number of aryl methyl sites for hydroxylation is 1. The van der Waals surface area contributed by atoms with Gasteiger partial charge in [0.1, 0.15) is 0 Å². The molecule has 1 N–H and O–H groups in total. The van der Waals surface area contributed by atoms with Gasteiger partial charge in [0.15, 0.2) is 0 Å². The van der Waals surface area contributed by atoms with E-state index in [2.05, 4.69) is 23.3 Å². The molecule has 1 unspecified atom stereocenters. The van der Waals surface area contributed by atoms with Gasteiger partial charge < -0.3 is 9.88 Å². The minimum atomic E-state index is 0.147. The zero-order valence-electron chi connectivity index (χ0n) is 9.98. The molecule has 0 bridgehead atoms. The molecule has 5 heteroatoms. The molecule has 2 aromatic heterocycles. The lowest BCUT2D eigenvalue weighted by molar-refractivity contribution is 0.595. The molecular formula is C12H16ClN3S. The number of aromatic nitrogens is 2. The molecule has 17 heavy (non-hydrogen) atoms. The van der Waals surface area contributed by atoms with E-state index in [0.717, 1.165) is 23.0 Å². The van der Waals surface area contributed by atoms with Crippen molar-refractivity contribution in [1.29, 1.82) is 0 Å². The first kappa shape index (κ1) is 12.6. The van der Waals surface area contributed by atoms with Crippen LogP contribution in [0.4, 0.5) is 0 Å². The molecule has 2 rings (SSSR count). The summed E-state index contributed by atoms with van der Waals surface area (Å²) in [6.07, 6.45) is 4.97. The number of hydrogen-bond donors (Lipinski definition) is 1. The van der Waals surface area contributed by atoms with Crippen LogP contribution in [-0.2, 0) is 7.05 Å². The molecule has 0 saturated carbocycles. The monoisotopic (exact) mass is 269 g/mol. The Morgan fingerprint density at radius 1 is 1.53 bits per heavy atom. The SMILES string of the molecule is CCCNC(c1cn(C)cn1)c1ccc(Cl)s1. The lowest BCUT2D eigenvalue weighted by Crippen LogP contribution is -2.22. The van der Waals surface area contributed by atoms with Gasteiger partial charge in [0.05, 0.1) is 22.4 Å². The maximum Gasteiger partial charge on any atom is 0.0947 e. The molecule has 2 heterocycles. The quantitative estimate of drug-likeness (QED) is 0.903. The molecule has 0 amide bonds. The molecule has 0 aliphatic rings. The first-order valence-electron chi connectivity index (χ1n) is 5.67. The van der Waals surface area contributed by atoms with E-state index in [1.807, 2.05) is 30.2 Å². The average Bonchev–Trinajstić information content (AvgIpc) is 2.89. The first-order valence-corrected chi connectivity index (χ1v) is 6.86. The molecule has 0 aliphatic heterocycles. The van der Waals surface area contributed by atoms with Crippen molar-refractivity contribution in [3.05, 3.63) is 39.6 Å². The molecule has 0 aromatic carbocycles. The Labute approximate surface area is 110 Å². The van der Waals surface area contributed by atoms with Gasteiger partial charge in [-0.15, -0.1) is 11.3 Å². The second-order valence-electron chi connectivity index (χ2n) is 3.99. The van der Waals surface area contributed by atoms with Gasteiger partial charge in [-0.25, -0.2) is 4.98 Å². The van der Waals surface area contributed by atoms with E-state index in [4.69, 9.17) is 11.6 Å². The Bertz CT molecular complexity index is 437. The maximum atomic E-state index is 6.00. The fraction of sp³-hybridized carbons (Fsp3) is 0.417. The number of halogens is 1. The summed E-state index contributed by atoms with van der Waals surface area (Å²) in [5, 5.41) is 3.50. The van der Waals surface area contributed by atoms with Gasteiger partial charge in [-0.3, -0.25) is 0 Å². The topological polar surface area (TPSA) is 29.9 Å². The van der Waals surface area contributed by atoms with E-state index in [1.54, 1.807) is 11.3 Å². The van der Waals surface area contributed by atoms with Crippen LogP contribution in [0.5, 0.6) is 0 Å². The summed E-state index contributed by atoms with van der Waals surface area (Å²) in [6, 6.07) is 4.15. The van der Waals surface area contributed by atoms with E-state index < -0.39 is 0 Å². The summed E-state index contributed by atoms with van der Waals surface area (Å²) in [5.41, 5.74) is 1.04. The van der Waals surface area contributed by atoms with Gasteiger partial charge in [-0.1, -0.05) is 18.5 Å². The average molecular weight is 270 g/mol. The van der Waals surface area contributed by atoms with Crippen molar-refractivity contribution in [3.63, 3.8) is 0 Å². The second-order valence-corrected chi connectivity index (χ2v) is 5.74. The molecule has 0 saturated heterocycles. The molecule has 0 aliphatic carbocycles. The van der Waals surface area contributed by atoms with Gasteiger partial charge in [0.2, 0.25) is 0 Å². The van der Waals surface area contributed by atoms with Crippen molar-refractivity contribution < 1.29 is 0 Å². The third-order valence-corrected chi connectivity index (χ3v) is 3.79. The van der Waals surface area contributed by atoms with Gasteiger partial charge in [0.25, 0.3) is 0 Å². The van der Waals surface area contributed by atoms with E-state index >= 15 is 0 Å². The van der Waals surface area contributed by atoms with Crippen LogP contribution in [0.15, 0.2) is 24.7 Å². The third-order valence-electron chi connectivity index (χ3n) is 2.50. The highest BCUT2D eigenvalue weighted by atomic mass is 35.5. The van der Waals surface area contributed by atoms with Crippen molar-refractivity contribution in [2.24, 2.45) is 7.05 Å². The highest BCUT2D eigenvalue weighted by molar-refractivity contribution is 7.16. The lowest BCUT2D eigenvalue weighted by atomic mass is 10.2. The standard InChI is InChI=1S/C12H16ClN3S/c1-3-6-14-12(9-7-16(2)8-15-9)10-4-5-11(13)17-10/h4-5,7-8,12,14H,3,6H2,1-2H3. The van der Waals surface area contributed by atoms with Crippen LogP contribution in [0.25, 0.3) is 0 Å². The summed E-state index contributed by atoms with van der Waals surface area (Å²) in [6.45, 7) is 3.13. The lowest BCUT2D eigenvalue weighted by Gasteiger charge is -2.14. The summed E-state index contributed by atoms with van der Waals surface area (Å²) in [5.74, 6) is 0. The van der Waals surface area contributed by atoms with E-state index in [1.165, 1.54) is 4.88 Å². The third kappa shape index (κ3) is 3.09. The van der Waals surface area contributed by atoms with Crippen LogP contribution < -0.4 is 5.32 Å². The Morgan fingerprint density at radius 3 is 2.88 bits per heavy atom. The van der Waals surface area contributed by atoms with Crippen molar-refractivity contribution in [2.45, 2.75) is 19.4 Å². The molecule has 0 spiro atoms. The maximum absolute atomic E-state index is 6.00. The number of hydrogen-bond acceptors (Lipinski definition) is 3. The van der Waals surface area contributed by atoms with Crippen molar-refractivity contribution >= 4 is 22.9 Å². The normalized spacial score (nSPS) is 12.9. The molecule has 0 fully saturated rings. The number of thiophene rings is 1. The van der Waals surface area contributed by atoms with Crippen LogP contribution in [-0.4, -0.2) is 16.1 Å². The highest BCUT2D eigenvalue weighted by Crippen LogP contribution is 2.30. The molecule has 3 nitrogen and oxygen atoms in total. The minimum absolute atomic E-state index is 0.147.